The normalized spacial score (nSPS) is 20.3. The molecule has 1 atom stereocenters. The van der Waals surface area contributed by atoms with Gasteiger partial charge >= 0.3 is 6.03 Å². The van der Waals surface area contributed by atoms with Crippen LogP contribution in [0.5, 0.6) is 0 Å². The van der Waals surface area contributed by atoms with Gasteiger partial charge in [-0.1, -0.05) is 30.3 Å². The molecule has 1 aromatic carbocycles. The van der Waals surface area contributed by atoms with E-state index in [0.29, 0.717) is 0 Å². The van der Waals surface area contributed by atoms with Crippen LogP contribution >= 0.6 is 0 Å². The van der Waals surface area contributed by atoms with E-state index in [1.807, 2.05) is 6.07 Å². The molecule has 2 rings (SSSR count). The highest BCUT2D eigenvalue weighted by atomic mass is 16.2. The topological polar surface area (TPSA) is 78.7 Å². The van der Waals surface area contributed by atoms with E-state index in [0.717, 1.165) is 32.6 Å². The van der Waals surface area contributed by atoms with Crippen molar-refractivity contribution in [1.29, 1.82) is 0 Å². The third-order valence-corrected chi connectivity index (χ3v) is 3.92. The molecule has 0 bridgehead atoms. The van der Waals surface area contributed by atoms with E-state index in [1.165, 1.54) is 5.56 Å². The van der Waals surface area contributed by atoms with Gasteiger partial charge in [-0.3, -0.25) is 19.9 Å². The van der Waals surface area contributed by atoms with E-state index in [9.17, 15) is 9.59 Å². The summed E-state index contributed by atoms with van der Waals surface area (Å²) >= 11 is 0. The second kappa shape index (κ2) is 7.91. The molecule has 1 unspecified atom stereocenters. The Balaban J connectivity index is 1.88. The zero-order valence-electron chi connectivity index (χ0n) is 13.0. The van der Waals surface area contributed by atoms with Gasteiger partial charge < -0.3 is 5.73 Å². The van der Waals surface area contributed by atoms with E-state index in [4.69, 9.17) is 5.73 Å². The number of rotatable bonds is 4. The Morgan fingerprint density at radius 3 is 2.68 bits per heavy atom. The molecule has 0 saturated carbocycles. The lowest BCUT2D eigenvalue weighted by Gasteiger charge is -2.28. The lowest BCUT2D eigenvalue weighted by molar-refractivity contribution is -0.121. The summed E-state index contributed by atoms with van der Waals surface area (Å²) < 4.78 is 0. The van der Waals surface area contributed by atoms with Gasteiger partial charge in [-0.25, -0.2) is 4.79 Å². The van der Waals surface area contributed by atoms with Crippen molar-refractivity contribution >= 4 is 11.9 Å². The maximum atomic E-state index is 11.7. The molecule has 1 saturated heterocycles. The second-order valence-corrected chi connectivity index (χ2v) is 5.81. The highest BCUT2D eigenvalue weighted by Gasteiger charge is 2.23. The van der Waals surface area contributed by atoms with Gasteiger partial charge in [0.15, 0.2) is 0 Å². The van der Waals surface area contributed by atoms with Crippen LogP contribution in [0.4, 0.5) is 4.79 Å². The lowest BCUT2D eigenvalue weighted by atomic mass is 10.2. The summed E-state index contributed by atoms with van der Waals surface area (Å²) in [4.78, 5) is 26.9. The monoisotopic (exact) mass is 304 g/mol. The van der Waals surface area contributed by atoms with E-state index >= 15 is 0 Å². The summed E-state index contributed by atoms with van der Waals surface area (Å²) in [5, 5.41) is 2.13. The van der Waals surface area contributed by atoms with Crippen molar-refractivity contribution in [1.82, 2.24) is 15.1 Å². The van der Waals surface area contributed by atoms with Crippen LogP contribution in [0.2, 0.25) is 0 Å². The van der Waals surface area contributed by atoms with Gasteiger partial charge in [0.1, 0.15) is 0 Å². The molecule has 6 heteroatoms. The minimum Gasteiger partial charge on any atom is -0.351 e. The Bertz CT molecular complexity index is 506. The van der Waals surface area contributed by atoms with Crippen LogP contribution in [0.3, 0.4) is 0 Å². The first kappa shape index (κ1) is 16.5. The molecule has 120 valence electrons. The molecule has 0 spiro atoms. The fourth-order valence-electron chi connectivity index (χ4n) is 2.88. The first-order chi connectivity index (χ1) is 10.5. The van der Waals surface area contributed by atoms with E-state index in [1.54, 1.807) is 0 Å². The minimum absolute atomic E-state index is 0.212. The molecule has 1 heterocycles. The van der Waals surface area contributed by atoms with Crippen LogP contribution in [0.25, 0.3) is 0 Å². The Labute approximate surface area is 131 Å². The number of nitrogens with zero attached hydrogens (tertiary/aromatic N) is 2. The zero-order valence-corrected chi connectivity index (χ0v) is 13.0. The van der Waals surface area contributed by atoms with Gasteiger partial charge in [-0.15, -0.1) is 0 Å². The summed E-state index contributed by atoms with van der Waals surface area (Å²) in [6.07, 6.45) is 1.00. The maximum absolute atomic E-state index is 11.7. The fourth-order valence-corrected chi connectivity index (χ4v) is 2.88. The number of primary amides is 1. The molecule has 1 aliphatic rings. The lowest BCUT2D eigenvalue weighted by Crippen LogP contribution is -2.46. The number of amides is 3. The van der Waals surface area contributed by atoms with Crippen molar-refractivity contribution in [3.05, 3.63) is 35.9 Å². The van der Waals surface area contributed by atoms with Crippen LogP contribution in [0, 0.1) is 0 Å². The molecule has 3 amide bonds. The van der Waals surface area contributed by atoms with Crippen LogP contribution in [0.1, 0.15) is 18.9 Å². The van der Waals surface area contributed by atoms with Gasteiger partial charge in [0.05, 0.1) is 6.54 Å². The number of urea groups is 1. The number of nitrogens with two attached hydrogens (primary N) is 1. The molecule has 22 heavy (non-hydrogen) atoms. The minimum atomic E-state index is -0.793. The largest absolute Gasteiger partial charge is 0.351 e. The quantitative estimate of drug-likeness (QED) is 0.861. The predicted octanol–water partition coefficient (Wildman–Crippen LogP) is 0.778. The maximum Gasteiger partial charge on any atom is 0.318 e. The van der Waals surface area contributed by atoms with Crippen LogP contribution < -0.4 is 11.1 Å². The van der Waals surface area contributed by atoms with Crippen molar-refractivity contribution in [2.24, 2.45) is 5.73 Å². The molecule has 0 aliphatic carbocycles. The summed E-state index contributed by atoms with van der Waals surface area (Å²) in [5.41, 5.74) is 6.27. The highest BCUT2D eigenvalue weighted by Crippen LogP contribution is 2.13. The second-order valence-electron chi connectivity index (χ2n) is 5.81. The average molecular weight is 304 g/mol. The van der Waals surface area contributed by atoms with E-state index in [-0.39, 0.29) is 18.5 Å². The van der Waals surface area contributed by atoms with E-state index in [2.05, 4.69) is 46.3 Å². The first-order valence-corrected chi connectivity index (χ1v) is 7.64. The number of hydrogen-bond acceptors (Lipinski definition) is 4. The highest BCUT2D eigenvalue weighted by molar-refractivity contribution is 5.94. The predicted molar refractivity (Wildman–Crippen MR) is 85.1 cm³/mol. The average Bonchev–Trinajstić information content (AvgIpc) is 2.61. The van der Waals surface area contributed by atoms with Crippen molar-refractivity contribution in [3.8, 4) is 0 Å². The van der Waals surface area contributed by atoms with Gasteiger partial charge in [0, 0.05) is 25.7 Å². The Hall–Kier alpha value is -1.92. The molecule has 3 N–H and O–H groups in total. The van der Waals surface area contributed by atoms with Gasteiger partial charge in [-0.05, 0) is 25.5 Å². The summed E-state index contributed by atoms with van der Waals surface area (Å²) in [6, 6.07) is 9.85. The van der Waals surface area contributed by atoms with Crippen molar-refractivity contribution < 1.29 is 9.59 Å². The number of carbonyl (C=O) groups excluding carboxylic acids is 2. The SMILES string of the molecule is CC1CN(Cc2ccccc2)CCCN1CC(=O)NC(N)=O. The number of hydrogen-bond donors (Lipinski definition) is 2. The van der Waals surface area contributed by atoms with Gasteiger partial charge in [0.25, 0.3) is 0 Å². The molecule has 6 nitrogen and oxygen atoms in total. The summed E-state index contributed by atoms with van der Waals surface area (Å²) in [6.45, 7) is 6.00. The number of benzene rings is 1. The van der Waals surface area contributed by atoms with Crippen molar-refractivity contribution in [2.45, 2.75) is 25.9 Å². The third-order valence-electron chi connectivity index (χ3n) is 3.92. The molecule has 0 radical (unpaired) electrons. The number of carbonyl (C=O) groups is 2. The van der Waals surface area contributed by atoms with Crippen molar-refractivity contribution in [3.63, 3.8) is 0 Å². The summed E-state index contributed by atoms with van der Waals surface area (Å²) in [5.74, 6) is -0.337. The Kier molecular flexibility index (Phi) is 5.91. The fraction of sp³-hybridized carbons (Fsp3) is 0.500. The smallest absolute Gasteiger partial charge is 0.318 e. The Morgan fingerprint density at radius 2 is 2.00 bits per heavy atom. The Morgan fingerprint density at radius 1 is 1.27 bits per heavy atom. The molecule has 0 aromatic heterocycles. The zero-order chi connectivity index (χ0) is 15.9. The van der Waals surface area contributed by atoms with Crippen LogP contribution in [-0.4, -0.2) is 54.0 Å². The van der Waals surface area contributed by atoms with E-state index < -0.39 is 6.03 Å². The van der Waals surface area contributed by atoms with Gasteiger partial charge in [0.2, 0.25) is 5.91 Å². The van der Waals surface area contributed by atoms with Crippen LogP contribution in [-0.2, 0) is 11.3 Å². The molecule has 1 fully saturated rings. The molecule has 1 aliphatic heterocycles. The standard InChI is InChI=1S/C16H24N4O2/c1-13-10-19(11-14-6-3-2-4-7-14)8-5-9-20(13)12-15(21)18-16(17)22/h2-4,6-7,13H,5,8-12H2,1H3,(H3,17,18,21,22). The molecular weight excluding hydrogens is 280 g/mol. The third kappa shape index (κ3) is 5.13. The number of nitrogens with one attached hydrogen (secondary N) is 1. The van der Waals surface area contributed by atoms with Crippen molar-refractivity contribution in [2.75, 3.05) is 26.2 Å². The summed E-state index contributed by atoms with van der Waals surface area (Å²) in [7, 11) is 0. The van der Waals surface area contributed by atoms with Crippen LogP contribution in [0.15, 0.2) is 30.3 Å². The number of imide groups is 1. The first-order valence-electron chi connectivity index (χ1n) is 7.64. The van der Waals surface area contributed by atoms with Gasteiger partial charge in [-0.2, -0.15) is 0 Å². The molecule has 1 aromatic rings. The molecular formula is C16H24N4O2.